The number of thioether (sulfide) groups is 1. The van der Waals surface area contributed by atoms with Gasteiger partial charge < -0.3 is 8.94 Å². The fourth-order valence-corrected chi connectivity index (χ4v) is 2.19. The Hall–Kier alpha value is -1.30. The van der Waals surface area contributed by atoms with E-state index in [1.54, 1.807) is 6.20 Å². The van der Waals surface area contributed by atoms with Crippen LogP contribution >= 0.6 is 11.8 Å². The number of oxazole rings is 1. The van der Waals surface area contributed by atoms with Crippen molar-refractivity contribution in [2.45, 2.75) is 56.9 Å². The molecule has 2 rings (SSSR count). The van der Waals surface area contributed by atoms with E-state index in [1.807, 2.05) is 13.8 Å². The third-order valence-electron chi connectivity index (χ3n) is 2.65. The summed E-state index contributed by atoms with van der Waals surface area (Å²) in [6.45, 7) is 10.3. The molecule has 0 aliphatic rings. The number of aromatic nitrogens is 3. The lowest BCUT2D eigenvalue weighted by Gasteiger charge is -2.13. The number of aryl methyl sites for hydroxylation is 1. The highest BCUT2D eigenvalue weighted by Gasteiger charge is 2.22. The van der Waals surface area contributed by atoms with Gasteiger partial charge in [-0.1, -0.05) is 44.6 Å². The fourth-order valence-electron chi connectivity index (χ4n) is 1.44. The highest BCUT2D eigenvalue weighted by molar-refractivity contribution is 7.99. The zero-order chi connectivity index (χ0) is 14.0. The van der Waals surface area contributed by atoms with Crippen molar-refractivity contribution in [3.8, 4) is 0 Å². The molecule has 0 saturated carbocycles. The SMILES string of the molecule is CCc1noc([C@H](C)Sc2ncc(C(C)(C)C)o2)n1. The van der Waals surface area contributed by atoms with Crippen molar-refractivity contribution in [2.75, 3.05) is 0 Å². The van der Waals surface area contributed by atoms with Crippen LogP contribution in [-0.2, 0) is 11.8 Å². The average molecular weight is 281 g/mol. The van der Waals surface area contributed by atoms with Gasteiger partial charge in [-0.25, -0.2) is 4.98 Å². The van der Waals surface area contributed by atoms with Crippen LogP contribution in [0.5, 0.6) is 0 Å². The predicted molar refractivity (Wildman–Crippen MR) is 73.2 cm³/mol. The van der Waals surface area contributed by atoms with Crippen molar-refractivity contribution in [3.63, 3.8) is 0 Å². The van der Waals surface area contributed by atoms with Gasteiger partial charge >= 0.3 is 0 Å². The first-order valence-corrected chi connectivity index (χ1v) is 7.23. The van der Waals surface area contributed by atoms with Gasteiger partial charge in [0.15, 0.2) is 5.82 Å². The van der Waals surface area contributed by atoms with Crippen LogP contribution < -0.4 is 0 Å². The van der Waals surface area contributed by atoms with Gasteiger partial charge in [-0.05, 0) is 6.92 Å². The second-order valence-electron chi connectivity index (χ2n) is 5.40. The normalized spacial score (nSPS) is 13.7. The zero-order valence-corrected chi connectivity index (χ0v) is 12.7. The summed E-state index contributed by atoms with van der Waals surface area (Å²) >= 11 is 1.48. The fraction of sp³-hybridized carbons (Fsp3) is 0.615. The quantitative estimate of drug-likeness (QED) is 0.795. The van der Waals surface area contributed by atoms with Gasteiger partial charge in [0.05, 0.1) is 11.4 Å². The van der Waals surface area contributed by atoms with Crippen LogP contribution in [0.4, 0.5) is 0 Å². The highest BCUT2D eigenvalue weighted by Crippen LogP contribution is 2.35. The van der Waals surface area contributed by atoms with Crippen LogP contribution in [0.1, 0.15) is 57.3 Å². The molecule has 0 aromatic carbocycles. The van der Waals surface area contributed by atoms with E-state index in [0.29, 0.717) is 11.1 Å². The van der Waals surface area contributed by atoms with Gasteiger partial charge in [0.2, 0.25) is 5.89 Å². The van der Waals surface area contributed by atoms with Crippen molar-refractivity contribution in [1.82, 2.24) is 15.1 Å². The molecular formula is C13H19N3O2S. The van der Waals surface area contributed by atoms with Crippen LogP contribution in [0, 0.1) is 0 Å². The first kappa shape index (κ1) is 14.1. The summed E-state index contributed by atoms with van der Waals surface area (Å²) in [6.07, 6.45) is 2.55. The maximum atomic E-state index is 5.74. The van der Waals surface area contributed by atoms with E-state index in [-0.39, 0.29) is 10.7 Å². The number of nitrogens with zero attached hydrogens (tertiary/aromatic N) is 3. The lowest BCUT2D eigenvalue weighted by atomic mass is 9.94. The second-order valence-corrected chi connectivity index (χ2v) is 6.69. The smallest absolute Gasteiger partial charge is 0.256 e. The van der Waals surface area contributed by atoms with Crippen LogP contribution in [0.25, 0.3) is 0 Å². The standard InChI is InChI=1S/C13H19N3O2S/c1-6-10-15-11(18-16-10)8(2)19-12-14-7-9(17-12)13(3,4)5/h7-8H,6H2,1-5H3/t8-/m0/s1. The molecular weight excluding hydrogens is 262 g/mol. The Morgan fingerprint density at radius 2 is 2.11 bits per heavy atom. The molecule has 0 fully saturated rings. The Kier molecular flexibility index (Phi) is 3.99. The molecule has 0 N–H and O–H groups in total. The largest absolute Gasteiger partial charge is 0.436 e. The first-order chi connectivity index (χ1) is 8.90. The first-order valence-electron chi connectivity index (χ1n) is 6.35. The van der Waals surface area contributed by atoms with Gasteiger partial charge in [0.1, 0.15) is 5.76 Å². The third-order valence-corrected chi connectivity index (χ3v) is 3.59. The van der Waals surface area contributed by atoms with Gasteiger partial charge in [-0.3, -0.25) is 0 Å². The molecule has 0 unspecified atom stereocenters. The minimum atomic E-state index is -0.0328. The number of hydrogen-bond donors (Lipinski definition) is 0. The van der Waals surface area contributed by atoms with E-state index in [9.17, 15) is 0 Å². The van der Waals surface area contributed by atoms with Crippen LogP contribution in [0.2, 0.25) is 0 Å². The summed E-state index contributed by atoms with van der Waals surface area (Å²) in [7, 11) is 0. The molecule has 2 aromatic heterocycles. The summed E-state index contributed by atoms with van der Waals surface area (Å²) in [5.74, 6) is 2.21. The van der Waals surface area contributed by atoms with E-state index in [0.717, 1.165) is 18.0 Å². The van der Waals surface area contributed by atoms with Gasteiger partial charge in [0, 0.05) is 11.8 Å². The molecule has 5 nitrogen and oxygen atoms in total. The van der Waals surface area contributed by atoms with Crippen LogP contribution in [0.3, 0.4) is 0 Å². The minimum Gasteiger partial charge on any atom is -0.436 e. The molecule has 0 aliphatic heterocycles. The van der Waals surface area contributed by atoms with Gasteiger partial charge in [-0.2, -0.15) is 4.98 Å². The topological polar surface area (TPSA) is 65.0 Å². The maximum absolute atomic E-state index is 5.74. The molecule has 0 amide bonds. The monoisotopic (exact) mass is 281 g/mol. The van der Waals surface area contributed by atoms with Crippen molar-refractivity contribution in [3.05, 3.63) is 23.7 Å². The predicted octanol–water partition coefficient (Wildman–Crippen LogP) is 3.77. The van der Waals surface area contributed by atoms with E-state index < -0.39 is 0 Å². The lowest BCUT2D eigenvalue weighted by Crippen LogP contribution is -2.09. The summed E-state index contributed by atoms with van der Waals surface area (Å²) in [5.41, 5.74) is -0.0328. The molecule has 1 atom stereocenters. The lowest BCUT2D eigenvalue weighted by molar-refractivity contribution is 0.352. The highest BCUT2D eigenvalue weighted by atomic mass is 32.2. The molecule has 104 valence electrons. The number of rotatable bonds is 4. The van der Waals surface area contributed by atoms with Crippen LogP contribution in [0.15, 0.2) is 20.4 Å². The molecule has 0 radical (unpaired) electrons. The summed E-state index contributed by atoms with van der Waals surface area (Å²) in [4.78, 5) is 8.59. The second kappa shape index (κ2) is 5.36. The molecule has 2 heterocycles. The Morgan fingerprint density at radius 3 is 2.63 bits per heavy atom. The van der Waals surface area contributed by atoms with E-state index >= 15 is 0 Å². The molecule has 0 aliphatic carbocycles. The molecule has 0 spiro atoms. The van der Waals surface area contributed by atoms with Gasteiger partial charge in [0.25, 0.3) is 5.22 Å². The summed E-state index contributed by atoms with van der Waals surface area (Å²) in [6, 6.07) is 0. The average Bonchev–Trinajstić information content (AvgIpc) is 2.95. The van der Waals surface area contributed by atoms with Gasteiger partial charge in [-0.15, -0.1) is 0 Å². The molecule has 0 bridgehead atoms. The summed E-state index contributed by atoms with van der Waals surface area (Å²) < 4.78 is 10.9. The molecule has 0 saturated heterocycles. The Morgan fingerprint density at radius 1 is 1.37 bits per heavy atom. The van der Waals surface area contributed by atoms with E-state index in [2.05, 4.69) is 35.9 Å². The zero-order valence-electron chi connectivity index (χ0n) is 11.9. The Labute approximate surface area is 117 Å². The van der Waals surface area contributed by atoms with Crippen molar-refractivity contribution in [1.29, 1.82) is 0 Å². The Balaban J connectivity index is 2.06. The van der Waals surface area contributed by atoms with Crippen molar-refractivity contribution >= 4 is 11.8 Å². The molecule has 19 heavy (non-hydrogen) atoms. The third kappa shape index (κ3) is 3.37. The van der Waals surface area contributed by atoms with Crippen molar-refractivity contribution < 1.29 is 8.94 Å². The summed E-state index contributed by atoms with van der Waals surface area (Å²) in [5, 5.41) is 4.55. The minimum absolute atomic E-state index is 0.0271. The molecule has 2 aromatic rings. The Bertz CT molecular complexity index is 542. The molecule has 6 heteroatoms. The van der Waals surface area contributed by atoms with E-state index in [4.69, 9.17) is 8.94 Å². The van der Waals surface area contributed by atoms with Crippen molar-refractivity contribution in [2.24, 2.45) is 0 Å². The maximum Gasteiger partial charge on any atom is 0.256 e. The van der Waals surface area contributed by atoms with Crippen LogP contribution in [-0.4, -0.2) is 15.1 Å². The number of hydrogen-bond acceptors (Lipinski definition) is 6. The van der Waals surface area contributed by atoms with E-state index in [1.165, 1.54) is 11.8 Å².